The Morgan fingerprint density at radius 1 is 1.45 bits per heavy atom. The molecule has 1 saturated carbocycles. The van der Waals surface area contributed by atoms with Gasteiger partial charge in [-0.15, -0.1) is 0 Å². The lowest BCUT2D eigenvalue weighted by Crippen LogP contribution is -2.09. The molecule has 0 radical (unpaired) electrons. The molecule has 0 aliphatic heterocycles. The van der Waals surface area contributed by atoms with Crippen LogP contribution in [0.4, 0.5) is 5.95 Å². The van der Waals surface area contributed by atoms with E-state index in [0.717, 1.165) is 18.7 Å². The van der Waals surface area contributed by atoms with E-state index in [9.17, 15) is 0 Å². The summed E-state index contributed by atoms with van der Waals surface area (Å²) in [5, 5.41) is 0. The molecular formula is C7H10N4. The van der Waals surface area contributed by atoms with Gasteiger partial charge in [-0.25, -0.2) is 9.97 Å². The summed E-state index contributed by atoms with van der Waals surface area (Å²) >= 11 is 0. The smallest absolute Gasteiger partial charge is 0.223 e. The lowest BCUT2D eigenvalue weighted by Gasteiger charge is -2.04. The van der Waals surface area contributed by atoms with Crippen LogP contribution in [0.2, 0.25) is 0 Å². The van der Waals surface area contributed by atoms with Crippen molar-refractivity contribution < 1.29 is 0 Å². The topological polar surface area (TPSA) is 64.7 Å². The minimum absolute atomic E-state index is 0.192. The SMILES string of the molecule is CC1(c2ncnc(N)n2)CC1. The number of hydrogen-bond donors (Lipinski definition) is 1. The highest BCUT2D eigenvalue weighted by molar-refractivity contribution is 5.21. The molecular weight excluding hydrogens is 140 g/mol. The summed E-state index contributed by atoms with van der Waals surface area (Å²) in [6.45, 7) is 2.14. The predicted octanol–water partition coefficient (Wildman–Crippen LogP) is 0.505. The first-order chi connectivity index (χ1) is 5.21. The molecule has 0 unspecified atom stereocenters. The summed E-state index contributed by atoms with van der Waals surface area (Å²) in [7, 11) is 0. The molecule has 0 spiro atoms. The minimum Gasteiger partial charge on any atom is -0.368 e. The first kappa shape index (κ1) is 6.52. The molecule has 0 bridgehead atoms. The van der Waals surface area contributed by atoms with Crippen LogP contribution in [0.25, 0.3) is 0 Å². The maximum absolute atomic E-state index is 5.42. The van der Waals surface area contributed by atoms with Crippen LogP contribution in [0.5, 0.6) is 0 Å². The third-order valence-electron chi connectivity index (χ3n) is 2.13. The summed E-state index contributed by atoms with van der Waals surface area (Å²) < 4.78 is 0. The fourth-order valence-corrected chi connectivity index (χ4v) is 1.01. The monoisotopic (exact) mass is 150 g/mol. The molecule has 2 rings (SSSR count). The summed E-state index contributed by atoms with van der Waals surface area (Å²) in [6.07, 6.45) is 3.80. The molecule has 1 fully saturated rings. The van der Waals surface area contributed by atoms with Gasteiger partial charge in [0, 0.05) is 5.41 Å². The van der Waals surface area contributed by atoms with Crippen molar-refractivity contribution in [3.05, 3.63) is 12.2 Å². The zero-order chi connectivity index (χ0) is 7.90. The molecule has 1 aliphatic rings. The van der Waals surface area contributed by atoms with E-state index < -0.39 is 0 Å². The zero-order valence-corrected chi connectivity index (χ0v) is 6.41. The number of aromatic nitrogens is 3. The molecule has 1 aromatic heterocycles. The van der Waals surface area contributed by atoms with Crippen LogP contribution >= 0.6 is 0 Å². The Labute approximate surface area is 64.9 Å². The van der Waals surface area contributed by atoms with E-state index in [0.29, 0.717) is 5.95 Å². The third-order valence-corrected chi connectivity index (χ3v) is 2.13. The first-order valence-corrected chi connectivity index (χ1v) is 3.66. The zero-order valence-electron chi connectivity index (χ0n) is 6.41. The number of hydrogen-bond acceptors (Lipinski definition) is 4. The predicted molar refractivity (Wildman–Crippen MR) is 40.8 cm³/mol. The molecule has 11 heavy (non-hydrogen) atoms. The summed E-state index contributed by atoms with van der Waals surface area (Å²) in [4.78, 5) is 11.9. The maximum Gasteiger partial charge on any atom is 0.223 e. The Morgan fingerprint density at radius 3 is 2.73 bits per heavy atom. The van der Waals surface area contributed by atoms with Crippen LogP contribution in [-0.2, 0) is 5.41 Å². The fraction of sp³-hybridized carbons (Fsp3) is 0.571. The van der Waals surface area contributed by atoms with Gasteiger partial charge in [-0.05, 0) is 12.8 Å². The van der Waals surface area contributed by atoms with Gasteiger partial charge in [0.25, 0.3) is 0 Å². The Hall–Kier alpha value is -1.19. The van der Waals surface area contributed by atoms with Crippen molar-refractivity contribution in [2.75, 3.05) is 5.73 Å². The number of rotatable bonds is 1. The lowest BCUT2D eigenvalue weighted by molar-refractivity contribution is 0.701. The van der Waals surface area contributed by atoms with Crippen molar-refractivity contribution in [1.29, 1.82) is 0 Å². The van der Waals surface area contributed by atoms with Crippen LogP contribution in [0, 0.1) is 0 Å². The van der Waals surface area contributed by atoms with Gasteiger partial charge in [0.2, 0.25) is 5.95 Å². The van der Waals surface area contributed by atoms with Gasteiger partial charge in [-0.2, -0.15) is 4.98 Å². The molecule has 2 N–H and O–H groups in total. The largest absolute Gasteiger partial charge is 0.368 e. The maximum atomic E-state index is 5.42. The first-order valence-electron chi connectivity index (χ1n) is 3.66. The van der Waals surface area contributed by atoms with Crippen LogP contribution in [0.3, 0.4) is 0 Å². The Kier molecular flexibility index (Phi) is 1.13. The van der Waals surface area contributed by atoms with Crippen LogP contribution in [0.1, 0.15) is 25.6 Å². The molecule has 0 saturated heterocycles. The highest BCUT2D eigenvalue weighted by atomic mass is 15.1. The van der Waals surface area contributed by atoms with Gasteiger partial charge in [-0.1, -0.05) is 6.92 Å². The fourth-order valence-electron chi connectivity index (χ4n) is 1.01. The average molecular weight is 150 g/mol. The molecule has 4 heteroatoms. The average Bonchev–Trinajstić information content (AvgIpc) is 2.70. The van der Waals surface area contributed by atoms with Gasteiger partial charge < -0.3 is 5.73 Å². The Morgan fingerprint density at radius 2 is 2.18 bits per heavy atom. The van der Waals surface area contributed by atoms with Crippen LogP contribution in [0.15, 0.2) is 6.33 Å². The lowest BCUT2D eigenvalue weighted by atomic mass is 10.1. The van der Waals surface area contributed by atoms with Crippen molar-refractivity contribution >= 4 is 5.95 Å². The molecule has 1 aliphatic carbocycles. The second-order valence-corrected chi connectivity index (χ2v) is 3.23. The number of nitrogens with two attached hydrogens (primary N) is 1. The van der Waals surface area contributed by atoms with E-state index in [-0.39, 0.29) is 5.41 Å². The highest BCUT2D eigenvalue weighted by Crippen LogP contribution is 2.45. The van der Waals surface area contributed by atoms with Crippen molar-refractivity contribution in [2.24, 2.45) is 0 Å². The van der Waals surface area contributed by atoms with E-state index in [2.05, 4.69) is 21.9 Å². The van der Waals surface area contributed by atoms with E-state index in [1.807, 2.05) is 0 Å². The number of nitrogen functional groups attached to an aromatic ring is 1. The van der Waals surface area contributed by atoms with Crippen molar-refractivity contribution in [3.8, 4) is 0 Å². The van der Waals surface area contributed by atoms with Gasteiger partial charge in [0.05, 0.1) is 0 Å². The third kappa shape index (κ3) is 1.04. The Balaban J connectivity index is 2.38. The molecule has 0 aromatic carbocycles. The summed E-state index contributed by atoms with van der Waals surface area (Å²) in [5.41, 5.74) is 5.61. The standard InChI is InChI=1S/C7H10N4/c1-7(2-3-7)5-9-4-10-6(8)11-5/h4H,2-3H2,1H3,(H2,8,9,10,11). The molecule has 0 amide bonds. The van der Waals surface area contributed by atoms with Crippen LogP contribution in [-0.4, -0.2) is 15.0 Å². The normalized spacial score (nSPS) is 19.7. The molecule has 1 aromatic rings. The van der Waals surface area contributed by atoms with E-state index in [1.54, 1.807) is 0 Å². The molecule has 1 heterocycles. The molecule has 58 valence electrons. The van der Waals surface area contributed by atoms with E-state index in [1.165, 1.54) is 6.33 Å². The van der Waals surface area contributed by atoms with Crippen molar-refractivity contribution in [2.45, 2.75) is 25.2 Å². The van der Waals surface area contributed by atoms with Gasteiger partial charge in [0.15, 0.2) is 0 Å². The van der Waals surface area contributed by atoms with E-state index >= 15 is 0 Å². The van der Waals surface area contributed by atoms with Crippen molar-refractivity contribution in [3.63, 3.8) is 0 Å². The highest BCUT2D eigenvalue weighted by Gasteiger charge is 2.42. The summed E-state index contributed by atoms with van der Waals surface area (Å²) in [6, 6.07) is 0. The molecule has 0 atom stereocenters. The van der Waals surface area contributed by atoms with Crippen molar-refractivity contribution in [1.82, 2.24) is 15.0 Å². The second kappa shape index (κ2) is 1.90. The van der Waals surface area contributed by atoms with Gasteiger partial charge in [0.1, 0.15) is 12.2 Å². The Bertz CT molecular complexity index is 280. The van der Waals surface area contributed by atoms with Gasteiger partial charge in [-0.3, -0.25) is 0 Å². The number of anilines is 1. The van der Waals surface area contributed by atoms with Crippen LogP contribution < -0.4 is 5.73 Å². The summed E-state index contributed by atoms with van der Waals surface area (Å²) in [5.74, 6) is 1.16. The quantitative estimate of drug-likeness (QED) is 0.633. The second-order valence-electron chi connectivity index (χ2n) is 3.23. The van der Waals surface area contributed by atoms with Gasteiger partial charge >= 0.3 is 0 Å². The minimum atomic E-state index is 0.192. The number of nitrogens with zero attached hydrogens (tertiary/aromatic N) is 3. The van der Waals surface area contributed by atoms with E-state index in [4.69, 9.17) is 5.73 Å². The molecule has 4 nitrogen and oxygen atoms in total.